The molecule has 25 heavy (non-hydrogen) atoms. The van der Waals surface area contributed by atoms with Gasteiger partial charge in [-0.25, -0.2) is 9.18 Å². The van der Waals surface area contributed by atoms with Crippen LogP contribution >= 0.6 is 0 Å². The Morgan fingerprint density at radius 3 is 2.84 bits per heavy atom. The summed E-state index contributed by atoms with van der Waals surface area (Å²) in [4.78, 5) is 26.7. The highest BCUT2D eigenvalue weighted by Gasteiger charge is 2.10. The second-order valence-corrected chi connectivity index (χ2v) is 5.76. The Morgan fingerprint density at radius 2 is 2.08 bits per heavy atom. The molecule has 1 aromatic heterocycles. The first-order valence-corrected chi connectivity index (χ1v) is 7.73. The van der Waals surface area contributed by atoms with E-state index in [4.69, 9.17) is 4.74 Å². The molecule has 0 spiro atoms. The highest BCUT2D eigenvalue weighted by Crippen LogP contribution is 2.14. The van der Waals surface area contributed by atoms with E-state index in [-0.39, 0.29) is 30.6 Å². The molecule has 1 amide bonds. The fraction of sp³-hybridized carbons (Fsp3) is 0.222. The van der Waals surface area contributed by atoms with E-state index < -0.39 is 0 Å². The number of hydrogen-bond acceptors (Lipinski definition) is 3. The molecule has 3 aromatic rings. The van der Waals surface area contributed by atoms with Crippen molar-refractivity contribution in [2.24, 2.45) is 7.05 Å². The number of rotatable bonds is 5. The number of nitrogens with one attached hydrogen (secondary N) is 2. The molecule has 0 aliphatic heterocycles. The molecule has 0 aliphatic rings. The zero-order valence-corrected chi connectivity index (χ0v) is 13.9. The maximum Gasteiger partial charge on any atom is 0.326 e. The van der Waals surface area contributed by atoms with Gasteiger partial charge in [-0.2, -0.15) is 0 Å². The summed E-state index contributed by atoms with van der Waals surface area (Å²) in [6, 6.07) is 9.64. The summed E-state index contributed by atoms with van der Waals surface area (Å²) < 4.78 is 20.0. The first kappa shape index (κ1) is 16.9. The lowest BCUT2D eigenvalue weighted by Crippen LogP contribution is -2.23. The Bertz CT molecular complexity index is 991. The van der Waals surface area contributed by atoms with Crippen LogP contribution in [0.15, 0.2) is 41.2 Å². The summed E-state index contributed by atoms with van der Waals surface area (Å²) in [5.41, 5.74) is 2.76. The van der Waals surface area contributed by atoms with Gasteiger partial charge in [0, 0.05) is 31.8 Å². The van der Waals surface area contributed by atoms with Crippen LogP contribution in [0.25, 0.3) is 11.0 Å². The third-order valence-electron chi connectivity index (χ3n) is 4.03. The number of carbonyl (C=O) groups excluding carboxylic acids is 1. The molecule has 0 bridgehead atoms. The van der Waals surface area contributed by atoms with Crippen molar-refractivity contribution in [2.75, 3.05) is 7.11 Å². The predicted octanol–water partition coefficient (Wildman–Crippen LogP) is 2.08. The number of nitrogens with zero attached hydrogens (tertiary/aromatic N) is 1. The maximum absolute atomic E-state index is 13.6. The van der Waals surface area contributed by atoms with Crippen molar-refractivity contribution in [1.82, 2.24) is 14.9 Å². The van der Waals surface area contributed by atoms with E-state index in [0.717, 1.165) is 5.56 Å². The summed E-state index contributed by atoms with van der Waals surface area (Å²) in [6.45, 7) is 0.436. The van der Waals surface area contributed by atoms with Crippen molar-refractivity contribution in [2.45, 2.75) is 13.2 Å². The summed E-state index contributed by atoms with van der Waals surface area (Å²) in [6.07, 6.45) is 0. The van der Waals surface area contributed by atoms with E-state index in [1.165, 1.54) is 17.7 Å². The van der Waals surface area contributed by atoms with Gasteiger partial charge in [-0.3, -0.25) is 9.36 Å². The first-order valence-electron chi connectivity index (χ1n) is 7.73. The van der Waals surface area contributed by atoms with Crippen molar-refractivity contribution >= 4 is 16.9 Å². The van der Waals surface area contributed by atoms with Gasteiger partial charge in [0.15, 0.2) is 0 Å². The van der Waals surface area contributed by atoms with Gasteiger partial charge in [-0.1, -0.05) is 6.07 Å². The molecule has 3 rings (SSSR count). The Labute approximate surface area is 143 Å². The van der Waals surface area contributed by atoms with E-state index in [1.54, 1.807) is 37.4 Å². The monoisotopic (exact) mass is 343 g/mol. The molecular formula is C18H18FN3O3. The van der Waals surface area contributed by atoms with Crippen molar-refractivity contribution in [3.63, 3.8) is 0 Å². The number of benzene rings is 2. The third kappa shape index (κ3) is 3.46. The average Bonchev–Trinajstić information content (AvgIpc) is 2.89. The molecule has 2 N–H and O–H groups in total. The molecule has 0 aliphatic carbocycles. The summed E-state index contributed by atoms with van der Waals surface area (Å²) in [7, 11) is 3.14. The van der Waals surface area contributed by atoms with Crippen molar-refractivity contribution in [1.29, 1.82) is 0 Å². The normalized spacial score (nSPS) is 11.0. The second-order valence-electron chi connectivity index (χ2n) is 5.76. The van der Waals surface area contributed by atoms with E-state index in [2.05, 4.69) is 10.3 Å². The number of methoxy groups -OCH3 is 1. The molecule has 0 fully saturated rings. The van der Waals surface area contributed by atoms with Crippen LogP contribution in [0, 0.1) is 5.82 Å². The molecule has 6 nitrogen and oxygen atoms in total. The number of H-pyrrole nitrogens is 1. The zero-order chi connectivity index (χ0) is 18.0. The minimum absolute atomic E-state index is 0.172. The average molecular weight is 343 g/mol. The summed E-state index contributed by atoms with van der Waals surface area (Å²) >= 11 is 0. The number of aromatic amines is 1. The number of carbonyl (C=O) groups is 1. The van der Waals surface area contributed by atoms with Gasteiger partial charge in [0.1, 0.15) is 5.82 Å². The smallest absolute Gasteiger partial charge is 0.326 e. The van der Waals surface area contributed by atoms with Crippen LogP contribution in [0.5, 0.6) is 0 Å². The standard InChI is InChI=1S/C18H18FN3O3/c1-22-16-8-12(4-6-15(16)21-18(22)24)17(23)20-9-11-3-5-14(19)13(7-11)10-25-2/h3-8H,9-10H2,1-2H3,(H,20,23)(H,21,24). The quantitative estimate of drug-likeness (QED) is 0.745. The van der Waals surface area contributed by atoms with Crippen LogP contribution in [0.1, 0.15) is 21.5 Å². The lowest BCUT2D eigenvalue weighted by Gasteiger charge is -2.08. The van der Waals surface area contributed by atoms with Gasteiger partial charge in [-0.05, 0) is 35.9 Å². The molecule has 0 unspecified atom stereocenters. The predicted molar refractivity (Wildman–Crippen MR) is 91.8 cm³/mol. The number of ether oxygens (including phenoxy) is 1. The highest BCUT2D eigenvalue weighted by molar-refractivity contribution is 5.97. The zero-order valence-electron chi connectivity index (χ0n) is 13.9. The van der Waals surface area contributed by atoms with Crippen molar-refractivity contribution < 1.29 is 13.9 Å². The van der Waals surface area contributed by atoms with Crippen LogP contribution in [-0.2, 0) is 24.9 Å². The molecule has 7 heteroatoms. The third-order valence-corrected chi connectivity index (χ3v) is 4.03. The number of fused-ring (bicyclic) bond motifs is 1. The second kappa shape index (κ2) is 6.90. The van der Waals surface area contributed by atoms with Crippen molar-refractivity contribution in [3.05, 3.63) is 69.4 Å². The number of hydrogen-bond donors (Lipinski definition) is 2. The maximum atomic E-state index is 13.6. The molecule has 130 valence electrons. The Hall–Kier alpha value is -2.93. The summed E-state index contributed by atoms with van der Waals surface area (Å²) in [5.74, 6) is -0.607. The topological polar surface area (TPSA) is 76.1 Å². The first-order chi connectivity index (χ1) is 12.0. The van der Waals surface area contributed by atoms with Gasteiger partial charge in [0.2, 0.25) is 0 Å². The molecule has 0 saturated carbocycles. The minimum atomic E-state index is -0.337. The molecule has 2 aromatic carbocycles. The lowest BCUT2D eigenvalue weighted by atomic mass is 10.1. The Morgan fingerprint density at radius 1 is 1.28 bits per heavy atom. The number of imidazole rings is 1. The molecule has 0 atom stereocenters. The van der Waals surface area contributed by atoms with Gasteiger partial charge >= 0.3 is 5.69 Å². The van der Waals surface area contributed by atoms with Crippen LogP contribution in [0.4, 0.5) is 4.39 Å². The van der Waals surface area contributed by atoms with E-state index in [9.17, 15) is 14.0 Å². The Balaban J connectivity index is 1.75. The van der Waals surface area contributed by atoms with Gasteiger partial charge < -0.3 is 15.0 Å². The fourth-order valence-electron chi connectivity index (χ4n) is 2.65. The van der Waals surface area contributed by atoms with E-state index in [0.29, 0.717) is 22.2 Å². The fourth-order valence-corrected chi connectivity index (χ4v) is 2.65. The molecule has 0 radical (unpaired) electrons. The van der Waals surface area contributed by atoms with Gasteiger partial charge in [-0.15, -0.1) is 0 Å². The van der Waals surface area contributed by atoms with Gasteiger partial charge in [0.25, 0.3) is 5.91 Å². The van der Waals surface area contributed by atoms with Crippen LogP contribution in [0.2, 0.25) is 0 Å². The van der Waals surface area contributed by atoms with Crippen LogP contribution in [0.3, 0.4) is 0 Å². The summed E-state index contributed by atoms with van der Waals surface area (Å²) in [5, 5.41) is 2.80. The molecular weight excluding hydrogens is 325 g/mol. The van der Waals surface area contributed by atoms with Crippen LogP contribution in [-0.4, -0.2) is 22.6 Å². The largest absolute Gasteiger partial charge is 0.380 e. The van der Waals surface area contributed by atoms with E-state index >= 15 is 0 Å². The number of halogens is 1. The van der Waals surface area contributed by atoms with Gasteiger partial charge in [0.05, 0.1) is 17.6 Å². The van der Waals surface area contributed by atoms with E-state index in [1.807, 2.05) is 0 Å². The molecule has 0 saturated heterocycles. The Kier molecular flexibility index (Phi) is 4.67. The molecule has 1 heterocycles. The number of amides is 1. The SMILES string of the molecule is COCc1cc(CNC(=O)c2ccc3[nH]c(=O)n(C)c3c2)ccc1F. The lowest BCUT2D eigenvalue weighted by molar-refractivity contribution is 0.0951. The minimum Gasteiger partial charge on any atom is -0.380 e. The van der Waals surface area contributed by atoms with Crippen LogP contribution < -0.4 is 11.0 Å². The number of aryl methyl sites for hydroxylation is 1. The highest BCUT2D eigenvalue weighted by atomic mass is 19.1. The van der Waals surface area contributed by atoms with Crippen molar-refractivity contribution in [3.8, 4) is 0 Å². The number of aromatic nitrogens is 2.